The molecule has 0 atom stereocenters. The lowest BCUT2D eigenvalue weighted by atomic mass is 10.4. The van der Waals surface area contributed by atoms with E-state index in [1.807, 2.05) is 0 Å². The van der Waals surface area contributed by atoms with E-state index in [4.69, 9.17) is 0 Å². The highest BCUT2D eigenvalue weighted by Gasteiger charge is 2.27. The lowest BCUT2D eigenvalue weighted by Crippen LogP contribution is -2.27. The molecule has 0 saturated carbocycles. The van der Waals surface area contributed by atoms with Gasteiger partial charge in [-0.2, -0.15) is 4.31 Å². The van der Waals surface area contributed by atoms with Gasteiger partial charge in [-0.25, -0.2) is 13.4 Å². The van der Waals surface area contributed by atoms with Gasteiger partial charge in [0.15, 0.2) is 0 Å². The van der Waals surface area contributed by atoms with E-state index in [0.717, 1.165) is 24.6 Å². The standard InChI is InChI=1S/C11H14N2O4S2/c14-11(15)8-18-10-4-3-9(7-12-10)19(16,17)13-5-1-2-6-13/h3-4,7H,1-2,5-6,8H2,(H,14,15)/p-1. The number of pyridine rings is 1. The van der Waals surface area contributed by atoms with Crippen LogP contribution >= 0.6 is 11.8 Å². The summed E-state index contributed by atoms with van der Waals surface area (Å²) in [4.78, 5) is 14.4. The number of carboxylic acid groups (broad SMARTS) is 1. The third-order valence-electron chi connectivity index (χ3n) is 2.75. The SMILES string of the molecule is O=C([O-])CSc1ccc(S(=O)(=O)N2CCCC2)cn1. The van der Waals surface area contributed by atoms with Crippen LogP contribution in [0, 0.1) is 0 Å². The van der Waals surface area contributed by atoms with Crippen LogP contribution in [0.1, 0.15) is 12.8 Å². The molecule has 1 aliphatic rings. The van der Waals surface area contributed by atoms with Gasteiger partial charge in [0.1, 0.15) is 4.90 Å². The summed E-state index contributed by atoms with van der Waals surface area (Å²) in [5, 5.41) is 10.8. The minimum atomic E-state index is -3.45. The normalized spacial score (nSPS) is 16.6. The van der Waals surface area contributed by atoms with Crippen molar-refractivity contribution in [1.82, 2.24) is 9.29 Å². The molecule has 19 heavy (non-hydrogen) atoms. The summed E-state index contributed by atoms with van der Waals surface area (Å²) in [6, 6.07) is 2.97. The van der Waals surface area contributed by atoms with Crippen molar-refractivity contribution in [2.45, 2.75) is 22.8 Å². The van der Waals surface area contributed by atoms with Crippen LogP contribution in [0.3, 0.4) is 0 Å². The first-order valence-electron chi connectivity index (χ1n) is 5.79. The van der Waals surface area contributed by atoms with Crippen molar-refractivity contribution >= 4 is 27.8 Å². The molecule has 0 spiro atoms. The van der Waals surface area contributed by atoms with E-state index in [-0.39, 0.29) is 10.6 Å². The van der Waals surface area contributed by atoms with Crippen molar-refractivity contribution in [2.75, 3.05) is 18.8 Å². The van der Waals surface area contributed by atoms with Crippen molar-refractivity contribution < 1.29 is 18.3 Å². The van der Waals surface area contributed by atoms with Gasteiger partial charge in [-0.3, -0.25) is 0 Å². The van der Waals surface area contributed by atoms with Gasteiger partial charge in [-0.05, 0) is 25.0 Å². The van der Waals surface area contributed by atoms with E-state index >= 15 is 0 Å². The molecule has 1 aliphatic heterocycles. The number of hydrogen-bond acceptors (Lipinski definition) is 6. The molecule has 2 rings (SSSR count). The molecule has 0 bridgehead atoms. The lowest BCUT2D eigenvalue weighted by Gasteiger charge is -2.15. The number of sulfonamides is 1. The van der Waals surface area contributed by atoms with Crippen LogP contribution in [-0.4, -0.2) is 42.5 Å². The highest BCUT2D eigenvalue weighted by Crippen LogP contribution is 2.22. The second-order valence-electron chi connectivity index (χ2n) is 4.10. The summed E-state index contributed by atoms with van der Waals surface area (Å²) in [7, 11) is -3.45. The van der Waals surface area contributed by atoms with Crippen LogP contribution in [0.25, 0.3) is 0 Å². The Hall–Kier alpha value is -1.12. The Kier molecular flexibility index (Phi) is 4.43. The topological polar surface area (TPSA) is 90.4 Å². The molecule has 0 unspecified atom stereocenters. The van der Waals surface area contributed by atoms with Crippen LogP contribution < -0.4 is 5.11 Å². The summed E-state index contributed by atoms with van der Waals surface area (Å²) >= 11 is 0.999. The molecule has 0 amide bonds. The first-order chi connectivity index (χ1) is 9.00. The van der Waals surface area contributed by atoms with Gasteiger partial charge in [0.25, 0.3) is 0 Å². The zero-order chi connectivity index (χ0) is 13.9. The number of hydrogen-bond donors (Lipinski definition) is 0. The monoisotopic (exact) mass is 301 g/mol. The van der Waals surface area contributed by atoms with Gasteiger partial charge in [0.2, 0.25) is 10.0 Å². The fourth-order valence-electron chi connectivity index (χ4n) is 1.82. The Balaban J connectivity index is 2.11. The molecule has 1 aromatic rings. The quantitative estimate of drug-likeness (QED) is 0.694. The smallest absolute Gasteiger partial charge is 0.244 e. The first-order valence-corrected chi connectivity index (χ1v) is 8.21. The van der Waals surface area contributed by atoms with Gasteiger partial charge in [-0.15, -0.1) is 11.8 Å². The fourth-order valence-corrected chi connectivity index (χ4v) is 3.84. The maximum absolute atomic E-state index is 12.2. The summed E-state index contributed by atoms with van der Waals surface area (Å²) in [6.07, 6.45) is 3.03. The van der Waals surface area contributed by atoms with Gasteiger partial charge in [0, 0.05) is 25.0 Å². The molecule has 0 aromatic carbocycles. The molecule has 0 aliphatic carbocycles. The largest absolute Gasteiger partial charge is 0.549 e. The first kappa shape index (κ1) is 14.3. The second kappa shape index (κ2) is 5.89. The Labute approximate surface area is 115 Å². The molecule has 2 heterocycles. The molecule has 1 saturated heterocycles. The minimum absolute atomic E-state index is 0.146. The van der Waals surface area contributed by atoms with E-state index in [9.17, 15) is 18.3 Å². The molecule has 0 N–H and O–H groups in total. The second-order valence-corrected chi connectivity index (χ2v) is 7.04. The average Bonchev–Trinajstić information content (AvgIpc) is 2.91. The summed E-state index contributed by atoms with van der Waals surface area (Å²) < 4.78 is 25.8. The van der Waals surface area contributed by atoms with Crippen LogP contribution in [-0.2, 0) is 14.8 Å². The number of carbonyl (C=O) groups excluding carboxylic acids is 1. The number of nitrogens with zero attached hydrogens (tertiary/aromatic N) is 2. The number of aliphatic carboxylic acids is 1. The molecule has 6 nitrogen and oxygen atoms in total. The predicted octanol–water partition coefficient (Wildman–Crippen LogP) is -0.292. The fraction of sp³-hybridized carbons (Fsp3) is 0.455. The van der Waals surface area contributed by atoms with E-state index in [1.54, 1.807) is 0 Å². The summed E-state index contributed by atoms with van der Waals surface area (Å²) in [5.41, 5.74) is 0. The van der Waals surface area contributed by atoms with Crippen molar-refractivity contribution in [2.24, 2.45) is 0 Å². The number of rotatable bonds is 5. The zero-order valence-corrected chi connectivity index (χ0v) is 11.7. The van der Waals surface area contributed by atoms with Gasteiger partial charge >= 0.3 is 0 Å². The molecular weight excluding hydrogens is 288 g/mol. The molecular formula is C11H13N2O4S2-. The van der Waals surface area contributed by atoms with Crippen molar-refractivity contribution in [1.29, 1.82) is 0 Å². The Morgan fingerprint density at radius 1 is 1.37 bits per heavy atom. The zero-order valence-electron chi connectivity index (χ0n) is 10.1. The summed E-state index contributed by atoms with van der Waals surface area (Å²) in [5.74, 6) is -1.38. The lowest BCUT2D eigenvalue weighted by molar-refractivity contribution is -0.301. The van der Waals surface area contributed by atoms with E-state index in [2.05, 4.69) is 4.98 Å². The van der Waals surface area contributed by atoms with Crippen LogP contribution in [0.2, 0.25) is 0 Å². The predicted molar refractivity (Wildman–Crippen MR) is 68.0 cm³/mol. The summed E-state index contributed by atoms with van der Waals surface area (Å²) in [6.45, 7) is 1.09. The highest BCUT2D eigenvalue weighted by molar-refractivity contribution is 7.99. The molecule has 8 heteroatoms. The van der Waals surface area contributed by atoms with Crippen molar-refractivity contribution in [3.63, 3.8) is 0 Å². The van der Waals surface area contributed by atoms with Crippen LogP contribution in [0.15, 0.2) is 28.3 Å². The molecule has 0 radical (unpaired) electrons. The van der Waals surface area contributed by atoms with Gasteiger partial charge in [-0.1, -0.05) is 0 Å². The van der Waals surface area contributed by atoms with Gasteiger partial charge < -0.3 is 9.90 Å². The van der Waals surface area contributed by atoms with Gasteiger partial charge in [0.05, 0.1) is 11.0 Å². The Morgan fingerprint density at radius 3 is 2.58 bits per heavy atom. The van der Waals surface area contributed by atoms with E-state index in [0.29, 0.717) is 18.1 Å². The van der Waals surface area contributed by atoms with Crippen molar-refractivity contribution in [3.8, 4) is 0 Å². The average molecular weight is 301 g/mol. The molecule has 104 valence electrons. The number of thioether (sulfide) groups is 1. The Morgan fingerprint density at radius 2 is 2.05 bits per heavy atom. The minimum Gasteiger partial charge on any atom is -0.549 e. The van der Waals surface area contributed by atoms with E-state index < -0.39 is 16.0 Å². The molecule has 1 fully saturated rings. The highest BCUT2D eigenvalue weighted by atomic mass is 32.2. The number of carboxylic acids is 1. The maximum Gasteiger partial charge on any atom is 0.244 e. The third kappa shape index (κ3) is 3.46. The number of carbonyl (C=O) groups is 1. The molecule has 1 aromatic heterocycles. The van der Waals surface area contributed by atoms with E-state index in [1.165, 1.54) is 22.6 Å². The van der Waals surface area contributed by atoms with Crippen LogP contribution in [0.5, 0.6) is 0 Å². The third-order valence-corrected chi connectivity index (χ3v) is 5.55. The van der Waals surface area contributed by atoms with Crippen molar-refractivity contribution in [3.05, 3.63) is 18.3 Å². The maximum atomic E-state index is 12.2. The Bertz CT molecular complexity index is 551. The van der Waals surface area contributed by atoms with Crippen LogP contribution in [0.4, 0.5) is 0 Å². The number of aromatic nitrogens is 1.